The minimum atomic E-state index is 0.659. The molecule has 6 aromatic carbocycles. The summed E-state index contributed by atoms with van der Waals surface area (Å²) in [6.45, 7) is 0. The Morgan fingerprint density at radius 3 is 1.98 bits per heavy atom. The van der Waals surface area contributed by atoms with Crippen LogP contribution in [0.4, 0.5) is 0 Å². The molecule has 3 aromatic heterocycles. The number of allylic oxidation sites excluding steroid dienone is 1. The average molecular weight is 634 g/mol. The van der Waals surface area contributed by atoms with Gasteiger partial charge in [-0.15, -0.1) is 11.3 Å². The molecule has 0 saturated heterocycles. The van der Waals surface area contributed by atoms with Gasteiger partial charge in [0.25, 0.3) is 0 Å². The molecular formula is C43H27N3OS. The number of hydrogen-bond donors (Lipinski definition) is 0. The van der Waals surface area contributed by atoms with Crippen LogP contribution in [0, 0.1) is 0 Å². The monoisotopic (exact) mass is 633 g/mol. The van der Waals surface area contributed by atoms with Crippen LogP contribution in [0.25, 0.3) is 81.7 Å². The first-order valence-corrected chi connectivity index (χ1v) is 17.1. The molecule has 1 aliphatic rings. The first-order chi connectivity index (χ1) is 23.8. The van der Waals surface area contributed by atoms with Crippen molar-refractivity contribution in [2.24, 2.45) is 0 Å². The van der Waals surface area contributed by atoms with E-state index in [2.05, 4.69) is 115 Å². The number of aryl methyl sites for hydroxylation is 1. The summed E-state index contributed by atoms with van der Waals surface area (Å²) >= 11 is 1.79. The van der Waals surface area contributed by atoms with Crippen LogP contribution in [0.2, 0.25) is 0 Å². The standard InChI is InChI=1S/C43H27N3OS/c1-2-12-26(13-3-1)41-44-42(46-43(45-41)35-22-10-20-32-30-14-5-7-25-38(30)48-40(32)35)33-21-9-16-27-28(17-8-18-29(27)33)31-19-11-24-37-39(31)34-15-4-6-23-36(34)47-37/h1-10,12-23,25H,11,24H2. The molecule has 9 aromatic rings. The number of benzene rings is 6. The van der Waals surface area contributed by atoms with E-state index in [-0.39, 0.29) is 0 Å². The SMILES string of the molecule is C1=C(c2cccc3c(-c4nc(-c5ccccc5)nc(-c5cccc6c5sc5ccccc56)n4)cccc23)c2c(oc3ccccc23)CC1. The van der Waals surface area contributed by atoms with E-state index in [4.69, 9.17) is 19.4 Å². The van der Waals surface area contributed by atoms with Crippen LogP contribution in [-0.4, -0.2) is 15.0 Å². The molecule has 226 valence electrons. The smallest absolute Gasteiger partial charge is 0.165 e. The van der Waals surface area contributed by atoms with E-state index in [9.17, 15) is 0 Å². The molecule has 10 rings (SSSR count). The Kier molecular flexibility index (Phi) is 6.14. The van der Waals surface area contributed by atoms with Gasteiger partial charge in [-0.2, -0.15) is 0 Å². The predicted molar refractivity (Wildman–Crippen MR) is 198 cm³/mol. The highest BCUT2D eigenvalue weighted by Gasteiger charge is 2.24. The first-order valence-electron chi connectivity index (χ1n) is 16.3. The number of furan rings is 1. The Morgan fingerprint density at radius 1 is 0.500 bits per heavy atom. The number of thiophene rings is 1. The van der Waals surface area contributed by atoms with Gasteiger partial charge in [0.2, 0.25) is 0 Å². The fourth-order valence-corrected chi connectivity index (χ4v) is 8.47. The van der Waals surface area contributed by atoms with Crippen molar-refractivity contribution < 1.29 is 4.42 Å². The van der Waals surface area contributed by atoms with Crippen molar-refractivity contribution in [3.05, 3.63) is 156 Å². The van der Waals surface area contributed by atoms with E-state index in [0.29, 0.717) is 17.5 Å². The quantitative estimate of drug-likeness (QED) is 0.193. The maximum Gasteiger partial charge on any atom is 0.165 e. The zero-order valence-electron chi connectivity index (χ0n) is 25.9. The van der Waals surface area contributed by atoms with Gasteiger partial charge in [-0.3, -0.25) is 0 Å². The van der Waals surface area contributed by atoms with Crippen molar-refractivity contribution >= 4 is 58.8 Å². The summed E-state index contributed by atoms with van der Waals surface area (Å²) in [7, 11) is 0. The molecule has 0 unspecified atom stereocenters. The van der Waals surface area contributed by atoms with Crippen LogP contribution in [0.5, 0.6) is 0 Å². The van der Waals surface area contributed by atoms with Crippen molar-refractivity contribution in [1.29, 1.82) is 0 Å². The zero-order chi connectivity index (χ0) is 31.6. The summed E-state index contributed by atoms with van der Waals surface area (Å²) in [5.41, 5.74) is 7.51. The molecule has 3 heterocycles. The zero-order valence-corrected chi connectivity index (χ0v) is 26.7. The van der Waals surface area contributed by atoms with Gasteiger partial charge in [0, 0.05) is 54.2 Å². The lowest BCUT2D eigenvalue weighted by Crippen LogP contribution is -2.01. The van der Waals surface area contributed by atoms with Crippen LogP contribution in [0.1, 0.15) is 23.3 Å². The molecule has 5 heteroatoms. The number of nitrogens with zero attached hydrogens (tertiary/aromatic N) is 3. The Balaban J connectivity index is 1.20. The molecule has 0 spiro atoms. The summed E-state index contributed by atoms with van der Waals surface area (Å²) in [5.74, 6) is 3.05. The Hall–Kier alpha value is -5.91. The van der Waals surface area contributed by atoms with Crippen molar-refractivity contribution in [1.82, 2.24) is 15.0 Å². The Bertz CT molecular complexity index is 2740. The summed E-state index contributed by atoms with van der Waals surface area (Å²) in [6.07, 6.45) is 4.22. The predicted octanol–water partition coefficient (Wildman–Crippen LogP) is 11.5. The Labute approximate surface area is 280 Å². The highest BCUT2D eigenvalue weighted by atomic mass is 32.1. The van der Waals surface area contributed by atoms with E-state index in [1.165, 1.54) is 36.9 Å². The number of rotatable bonds is 4. The maximum atomic E-state index is 6.34. The molecule has 0 fully saturated rings. The minimum Gasteiger partial charge on any atom is -0.460 e. The molecule has 48 heavy (non-hydrogen) atoms. The molecule has 0 atom stereocenters. The molecule has 0 amide bonds. The third-order valence-corrected chi connectivity index (χ3v) is 10.6. The third kappa shape index (κ3) is 4.25. The van der Waals surface area contributed by atoms with E-state index in [0.717, 1.165) is 57.0 Å². The number of para-hydroxylation sites is 1. The molecule has 1 aliphatic carbocycles. The highest BCUT2D eigenvalue weighted by Crippen LogP contribution is 2.43. The molecule has 0 N–H and O–H groups in total. The topological polar surface area (TPSA) is 51.8 Å². The Morgan fingerprint density at radius 2 is 1.12 bits per heavy atom. The second-order valence-corrected chi connectivity index (χ2v) is 13.3. The second-order valence-electron chi connectivity index (χ2n) is 12.2. The van der Waals surface area contributed by atoms with Gasteiger partial charge < -0.3 is 4.42 Å². The summed E-state index contributed by atoms with van der Waals surface area (Å²) in [4.78, 5) is 15.5. The van der Waals surface area contributed by atoms with Crippen LogP contribution in [0.3, 0.4) is 0 Å². The van der Waals surface area contributed by atoms with Crippen LogP contribution in [0.15, 0.2) is 144 Å². The lowest BCUT2D eigenvalue weighted by atomic mass is 9.86. The molecule has 0 bridgehead atoms. The molecule has 4 nitrogen and oxygen atoms in total. The van der Waals surface area contributed by atoms with E-state index in [1.807, 2.05) is 24.3 Å². The van der Waals surface area contributed by atoms with Gasteiger partial charge in [0.1, 0.15) is 11.3 Å². The van der Waals surface area contributed by atoms with Crippen LogP contribution < -0.4 is 0 Å². The van der Waals surface area contributed by atoms with Crippen LogP contribution >= 0.6 is 11.3 Å². The summed E-state index contributed by atoms with van der Waals surface area (Å²) < 4.78 is 8.78. The lowest BCUT2D eigenvalue weighted by molar-refractivity contribution is 0.545. The van der Waals surface area contributed by atoms with Crippen molar-refractivity contribution in [2.75, 3.05) is 0 Å². The van der Waals surface area contributed by atoms with Gasteiger partial charge in [0.15, 0.2) is 17.5 Å². The molecule has 0 radical (unpaired) electrons. The molecule has 0 aliphatic heterocycles. The van der Waals surface area contributed by atoms with Gasteiger partial charge in [-0.1, -0.05) is 121 Å². The van der Waals surface area contributed by atoms with Crippen molar-refractivity contribution in [3.8, 4) is 34.2 Å². The molecular weight excluding hydrogens is 607 g/mol. The van der Waals surface area contributed by atoms with Gasteiger partial charge in [0.05, 0.1) is 0 Å². The van der Waals surface area contributed by atoms with E-state index < -0.39 is 0 Å². The fraction of sp³-hybridized carbons (Fsp3) is 0.0465. The highest BCUT2D eigenvalue weighted by molar-refractivity contribution is 7.26. The maximum absolute atomic E-state index is 6.34. The van der Waals surface area contributed by atoms with Gasteiger partial charge >= 0.3 is 0 Å². The number of hydrogen-bond acceptors (Lipinski definition) is 5. The first kappa shape index (κ1) is 27.2. The van der Waals surface area contributed by atoms with Gasteiger partial charge in [-0.05, 0) is 46.5 Å². The largest absolute Gasteiger partial charge is 0.460 e. The average Bonchev–Trinajstić information content (AvgIpc) is 3.73. The summed E-state index contributed by atoms with van der Waals surface area (Å²) in [5, 5.41) is 5.90. The van der Waals surface area contributed by atoms with E-state index in [1.54, 1.807) is 11.3 Å². The van der Waals surface area contributed by atoms with Crippen LogP contribution in [-0.2, 0) is 6.42 Å². The molecule has 0 saturated carbocycles. The van der Waals surface area contributed by atoms with E-state index >= 15 is 0 Å². The van der Waals surface area contributed by atoms with Gasteiger partial charge in [-0.25, -0.2) is 15.0 Å². The minimum absolute atomic E-state index is 0.659. The fourth-order valence-electron chi connectivity index (χ4n) is 7.26. The normalized spacial score (nSPS) is 13.0. The number of aromatic nitrogens is 3. The lowest BCUT2D eigenvalue weighted by Gasteiger charge is -2.17. The number of fused-ring (bicyclic) bond motifs is 7. The van der Waals surface area contributed by atoms with Crippen molar-refractivity contribution in [2.45, 2.75) is 12.8 Å². The van der Waals surface area contributed by atoms with Crippen molar-refractivity contribution in [3.63, 3.8) is 0 Å². The second kappa shape index (κ2) is 10.8. The summed E-state index contributed by atoms with van der Waals surface area (Å²) in [6, 6.07) is 46.6. The third-order valence-electron chi connectivity index (χ3n) is 9.42.